The van der Waals surface area contributed by atoms with Crippen LogP contribution in [0.1, 0.15) is 11.1 Å². The van der Waals surface area contributed by atoms with Gasteiger partial charge in [-0.05, 0) is 36.4 Å². The molecule has 4 rings (SSSR count). The molecule has 0 aliphatic rings. The summed E-state index contributed by atoms with van der Waals surface area (Å²) in [6, 6.07) is 7.10. The van der Waals surface area contributed by atoms with Crippen LogP contribution in [0.3, 0.4) is 0 Å². The molecule has 9 nitrogen and oxygen atoms in total. The van der Waals surface area contributed by atoms with Crippen molar-refractivity contribution in [3.8, 4) is 45.3 Å². The number of nitro benzene ring substituents is 2. The van der Waals surface area contributed by atoms with Crippen molar-refractivity contribution in [2.75, 3.05) is 0 Å². The molecular formula is C26H12Cl2F6N2O7. The summed E-state index contributed by atoms with van der Waals surface area (Å²) in [5.41, 5.74) is -6.10. The average Bonchev–Trinajstić information content (AvgIpc) is 2.88. The first-order chi connectivity index (χ1) is 19.9. The molecule has 0 aliphatic heterocycles. The molecule has 0 saturated heterocycles. The zero-order valence-electron chi connectivity index (χ0n) is 20.6. The van der Waals surface area contributed by atoms with Crippen molar-refractivity contribution in [3.63, 3.8) is 0 Å². The van der Waals surface area contributed by atoms with Crippen molar-refractivity contribution >= 4 is 34.6 Å². The van der Waals surface area contributed by atoms with E-state index >= 15 is 0 Å². The van der Waals surface area contributed by atoms with Gasteiger partial charge in [-0.3, -0.25) is 20.2 Å². The molecule has 0 fully saturated rings. The van der Waals surface area contributed by atoms with Gasteiger partial charge in [-0.25, -0.2) is 0 Å². The Balaban J connectivity index is 1.98. The van der Waals surface area contributed by atoms with Gasteiger partial charge >= 0.3 is 23.7 Å². The predicted molar refractivity (Wildman–Crippen MR) is 140 cm³/mol. The summed E-state index contributed by atoms with van der Waals surface area (Å²) in [6.45, 7) is 0. The molecule has 0 bridgehead atoms. The maximum atomic E-state index is 13.2. The highest BCUT2D eigenvalue weighted by Gasteiger charge is 2.34. The van der Waals surface area contributed by atoms with E-state index < -0.39 is 88.9 Å². The summed E-state index contributed by atoms with van der Waals surface area (Å²) in [6.07, 6.45) is -9.64. The first-order valence-electron chi connectivity index (χ1n) is 11.3. The lowest BCUT2D eigenvalue weighted by Crippen LogP contribution is -2.05. The molecule has 4 aromatic rings. The topological polar surface area (TPSA) is 136 Å². The molecule has 17 heteroatoms. The Morgan fingerprint density at radius 2 is 0.977 bits per heavy atom. The van der Waals surface area contributed by atoms with Crippen molar-refractivity contribution < 1.29 is 51.1 Å². The van der Waals surface area contributed by atoms with Gasteiger partial charge < -0.3 is 14.9 Å². The fourth-order valence-electron chi connectivity index (χ4n) is 4.02. The minimum Gasteiger partial charge on any atom is -0.502 e. The van der Waals surface area contributed by atoms with Crippen LogP contribution in [-0.4, -0.2) is 20.1 Å². The van der Waals surface area contributed by atoms with Crippen molar-refractivity contribution in [2.24, 2.45) is 0 Å². The molecule has 0 unspecified atom stereocenters. The first-order valence-corrected chi connectivity index (χ1v) is 12.1. The summed E-state index contributed by atoms with van der Waals surface area (Å²) in [5, 5.41) is 43.3. The summed E-state index contributed by atoms with van der Waals surface area (Å²) in [5.74, 6) is -3.21. The van der Waals surface area contributed by atoms with Crippen LogP contribution < -0.4 is 4.74 Å². The molecule has 0 saturated carbocycles. The standard InChI is InChI=1S/C26H12Cl2F6N2O7/c27-15-9-11(25(29,30)31)1-3-13(15)21-19(7-5-17(23(21)37)35(39)40)43-20-8-6-18(36(41)42)24(38)22(20)14-4-2-12(10-16(14)28)26(32,33)34/h1-10,37-38H. The van der Waals surface area contributed by atoms with Gasteiger partial charge in [0.05, 0.1) is 32.1 Å². The lowest BCUT2D eigenvalue weighted by molar-refractivity contribution is -0.385. The van der Waals surface area contributed by atoms with Crippen LogP contribution in [0, 0.1) is 20.2 Å². The fourth-order valence-corrected chi connectivity index (χ4v) is 4.57. The second kappa shape index (κ2) is 11.1. The lowest BCUT2D eigenvalue weighted by atomic mass is 9.99. The van der Waals surface area contributed by atoms with Crippen LogP contribution in [0.15, 0.2) is 60.7 Å². The Bertz CT molecular complexity index is 1670. The zero-order chi connectivity index (χ0) is 32.0. The second-order valence-corrected chi connectivity index (χ2v) is 9.43. The summed E-state index contributed by atoms with van der Waals surface area (Å²) >= 11 is 12.1. The Morgan fingerprint density at radius 1 is 0.628 bits per heavy atom. The van der Waals surface area contributed by atoms with E-state index in [2.05, 4.69) is 0 Å². The number of phenols is 2. The third-order valence-electron chi connectivity index (χ3n) is 5.98. The Hall–Kier alpha value is -4.76. The molecule has 224 valence electrons. The Labute approximate surface area is 245 Å². The second-order valence-electron chi connectivity index (χ2n) is 8.61. The van der Waals surface area contributed by atoms with Crippen molar-refractivity contribution in [2.45, 2.75) is 12.4 Å². The fraction of sp³-hybridized carbons (Fsp3) is 0.0769. The largest absolute Gasteiger partial charge is 0.502 e. The number of aromatic hydroxyl groups is 2. The van der Waals surface area contributed by atoms with Crippen LogP contribution in [-0.2, 0) is 12.4 Å². The zero-order valence-corrected chi connectivity index (χ0v) is 22.1. The van der Waals surface area contributed by atoms with E-state index in [-0.39, 0.29) is 11.1 Å². The van der Waals surface area contributed by atoms with Crippen LogP contribution in [0.2, 0.25) is 10.0 Å². The molecule has 43 heavy (non-hydrogen) atoms. The molecule has 0 aliphatic carbocycles. The van der Waals surface area contributed by atoms with Gasteiger partial charge in [0, 0.05) is 33.3 Å². The van der Waals surface area contributed by atoms with Gasteiger partial charge in [-0.1, -0.05) is 35.3 Å². The highest BCUT2D eigenvalue weighted by Crippen LogP contribution is 2.52. The van der Waals surface area contributed by atoms with Crippen LogP contribution in [0.4, 0.5) is 37.7 Å². The SMILES string of the molecule is O=[N+]([O-])c1ccc(Oc2ccc([N+](=O)[O-])c(O)c2-c2ccc(C(F)(F)F)cc2Cl)c(-c2ccc(C(F)(F)F)cc2Cl)c1O. The maximum absolute atomic E-state index is 13.2. The normalized spacial score (nSPS) is 11.8. The molecule has 2 N–H and O–H groups in total. The molecule has 0 heterocycles. The van der Waals surface area contributed by atoms with Crippen LogP contribution in [0.5, 0.6) is 23.0 Å². The van der Waals surface area contributed by atoms with Crippen molar-refractivity contribution in [1.29, 1.82) is 0 Å². The minimum atomic E-state index is -4.82. The number of hydrogen-bond donors (Lipinski definition) is 2. The van der Waals surface area contributed by atoms with E-state index in [1.54, 1.807) is 0 Å². The number of nitrogens with zero attached hydrogens (tertiary/aromatic N) is 2. The first kappa shape index (κ1) is 31.2. The number of ether oxygens (including phenoxy) is 1. The molecule has 0 aromatic heterocycles. The monoisotopic (exact) mass is 648 g/mol. The van der Waals surface area contributed by atoms with E-state index in [4.69, 9.17) is 27.9 Å². The lowest BCUT2D eigenvalue weighted by Gasteiger charge is -2.18. The molecule has 0 spiro atoms. The van der Waals surface area contributed by atoms with E-state index in [9.17, 15) is 56.8 Å². The smallest absolute Gasteiger partial charge is 0.416 e. The van der Waals surface area contributed by atoms with Crippen LogP contribution >= 0.6 is 23.2 Å². The molecule has 0 amide bonds. The average molecular weight is 649 g/mol. The molecule has 0 atom stereocenters. The summed E-state index contributed by atoms with van der Waals surface area (Å²) in [4.78, 5) is 21.0. The highest BCUT2D eigenvalue weighted by molar-refractivity contribution is 6.34. The summed E-state index contributed by atoms with van der Waals surface area (Å²) in [7, 11) is 0. The van der Waals surface area contributed by atoms with Gasteiger partial charge in [-0.2, -0.15) is 26.3 Å². The van der Waals surface area contributed by atoms with Crippen molar-refractivity contribution in [3.05, 3.63) is 102 Å². The molecule has 0 radical (unpaired) electrons. The van der Waals surface area contributed by atoms with Gasteiger partial charge in [0.2, 0.25) is 11.5 Å². The molecule has 4 aromatic carbocycles. The number of phenolic OH excluding ortho intramolecular Hbond substituents is 2. The number of alkyl halides is 6. The number of hydrogen-bond acceptors (Lipinski definition) is 7. The number of halogens is 8. The number of nitro groups is 2. The van der Waals surface area contributed by atoms with E-state index in [0.717, 1.165) is 36.4 Å². The summed E-state index contributed by atoms with van der Waals surface area (Å²) < 4.78 is 85.0. The van der Waals surface area contributed by atoms with Gasteiger partial charge in [0.25, 0.3) is 0 Å². The maximum Gasteiger partial charge on any atom is 0.416 e. The number of rotatable bonds is 6. The number of benzene rings is 4. The van der Waals surface area contributed by atoms with Gasteiger partial charge in [0.1, 0.15) is 11.5 Å². The Kier molecular flexibility index (Phi) is 8.08. The van der Waals surface area contributed by atoms with E-state index in [1.807, 2.05) is 0 Å². The van der Waals surface area contributed by atoms with E-state index in [0.29, 0.717) is 24.3 Å². The predicted octanol–water partition coefficient (Wildman–Crippen LogP) is 9.38. The van der Waals surface area contributed by atoms with Crippen LogP contribution in [0.25, 0.3) is 22.3 Å². The Morgan fingerprint density at radius 3 is 1.26 bits per heavy atom. The van der Waals surface area contributed by atoms with Crippen molar-refractivity contribution in [1.82, 2.24) is 0 Å². The van der Waals surface area contributed by atoms with Gasteiger partial charge in [0.15, 0.2) is 0 Å². The highest BCUT2D eigenvalue weighted by atomic mass is 35.5. The third-order valence-corrected chi connectivity index (χ3v) is 6.61. The quantitative estimate of drug-likeness (QED) is 0.121. The van der Waals surface area contributed by atoms with E-state index in [1.165, 1.54) is 0 Å². The van der Waals surface area contributed by atoms with Gasteiger partial charge in [-0.15, -0.1) is 0 Å². The molecular weight excluding hydrogens is 637 g/mol. The third kappa shape index (κ3) is 6.08. The minimum absolute atomic E-state index is 0.369.